The molecule has 1 nitrogen and oxygen atoms in total. The molecule has 0 bridgehead atoms. The molecule has 2 rings (SSSR count). The van der Waals surface area contributed by atoms with Crippen LogP contribution in [0.3, 0.4) is 0 Å². The third-order valence-electron chi connectivity index (χ3n) is 3.18. The van der Waals surface area contributed by atoms with Crippen molar-refractivity contribution in [3.8, 4) is 0 Å². The molecule has 0 aliphatic carbocycles. The third-order valence-corrected chi connectivity index (χ3v) is 3.90. The summed E-state index contributed by atoms with van der Waals surface area (Å²) in [5.41, 5.74) is 2.97. The molecule has 0 aliphatic rings. The molecule has 0 unspecified atom stereocenters. The first-order chi connectivity index (χ1) is 9.58. The molecule has 2 heteroatoms. The zero-order chi connectivity index (χ0) is 14.5. The van der Waals surface area contributed by atoms with Gasteiger partial charge in [-0.15, -0.1) is 0 Å². The Kier molecular flexibility index (Phi) is 4.91. The van der Waals surface area contributed by atoms with Gasteiger partial charge in [-0.05, 0) is 35.3 Å². The molecular weight excluding hydrogens is 312 g/mol. The molecule has 0 heterocycles. The molecule has 2 aromatic carbocycles. The van der Waals surface area contributed by atoms with Crippen molar-refractivity contribution in [2.75, 3.05) is 0 Å². The molecule has 20 heavy (non-hydrogen) atoms. The molecule has 0 spiro atoms. The molecule has 0 amide bonds. The largest absolute Gasteiger partial charge is 0.289 e. The zero-order valence-electron chi connectivity index (χ0n) is 11.6. The summed E-state index contributed by atoms with van der Waals surface area (Å²) in [6.07, 6.45) is 3.45. The van der Waals surface area contributed by atoms with Gasteiger partial charge in [-0.3, -0.25) is 4.79 Å². The molecule has 0 N–H and O–H groups in total. The van der Waals surface area contributed by atoms with E-state index in [1.807, 2.05) is 54.6 Å². The van der Waals surface area contributed by atoms with E-state index < -0.39 is 0 Å². The van der Waals surface area contributed by atoms with Gasteiger partial charge in [0.25, 0.3) is 0 Å². The summed E-state index contributed by atoms with van der Waals surface area (Å²) in [4.78, 5) is 12.1. The third kappa shape index (κ3) is 3.67. The maximum absolute atomic E-state index is 12.1. The second-order valence-corrected chi connectivity index (χ2v) is 5.85. The van der Waals surface area contributed by atoms with Gasteiger partial charge in [-0.1, -0.05) is 72.2 Å². The fourth-order valence-corrected chi connectivity index (χ4v) is 2.32. The van der Waals surface area contributed by atoms with Gasteiger partial charge in [0.05, 0.1) is 0 Å². The minimum Gasteiger partial charge on any atom is -0.289 e. The Morgan fingerprint density at radius 2 is 1.70 bits per heavy atom. The fraction of sp³-hybridized carbons (Fsp3) is 0.167. The van der Waals surface area contributed by atoms with Crippen molar-refractivity contribution >= 4 is 27.8 Å². The predicted molar refractivity (Wildman–Crippen MR) is 88.0 cm³/mol. The maximum atomic E-state index is 12.1. The predicted octanol–water partition coefficient (Wildman–Crippen LogP) is 5.47. The van der Waals surface area contributed by atoms with Gasteiger partial charge in [-0.2, -0.15) is 0 Å². The van der Waals surface area contributed by atoms with E-state index >= 15 is 0 Å². The topological polar surface area (TPSA) is 17.1 Å². The first-order valence-electron chi connectivity index (χ1n) is 6.65. The van der Waals surface area contributed by atoms with Crippen molar-refractivity contribution in [3.63, 3.8) is 0 Å². The van der Waals surface area contributed by atoms with Crippen LogP contribution in [-0.2, 0) is 0 Å². The Bertz CT molecular complexity index is 624. The Hall–Kier alpha value is -1.67. The van der Waals surface area contributed by atoms with Gasteiger partial charge in [0, 0.05) is 10.0 Å². The molecule has 0 radical (unpaired) electrons. The van der Waals surface area contributed by atoms with E-state index in [-0.39, 0.29) is 5.78 Å². The average Bonchev–Trinajstić information content (AvgIpc) is 2.46. The van der Waals surface area contributed by atoms with Crippen LogP contribution in [0.5, 0.6) is 0 Å². The van der Waals surface area contributed by atoms with Gasteiger partial charge < -0.3 is 0 Å². The smallest absolute Gasteiger partial charge is 0.185 e. The van der Waals surface area contributed by atoms with Crippen LogP contribution in [0, 0.1) is 0 Å². The highest BCUT2D eigenvalue weighted by Crippen LogP contribution is 2.18. The first-order valence-corrected chi connectivity index (χ1v) is 7.44. The summed E-state index contributed by atoms with van der Waals surface area (Å²) in [5.74, 6) is 0.506. The summed E-state index contributed by atoms with van der Waals surface area (Å²) in [5, 5.41) is 0. The minimum absolute atomic E-state index is 0.0241. The molecule has 0 saturated heterocycles. The Balaban J connectivity index is 2.14. The second kappa shape index (κ2) is 6.67. The maximum Gasteiger partial charge on any atom is 0.185 e. The monoisotopic (exact) mass is 328 g/mol. The number of carbonyl (C=O) groups excluding carboxylic acids is 1. The summed E-state index contributed by atoms with van der Waals surface area (Å²) < 4.78 is 0.985. The van der Waals surface area contributed by atoms with E-state index in [1.165, 1.54) is 5.56 Å². The van der Waals surface area contributed by atoms with Crippen LogP contribution < -0.4 is 0 Å². The molecule has 0 aliphatic heterocycles. The van der Waals surface area contributed by atoms with Gasteiger partial charge in [0.2, 0.25) is 0 Å². The molecule has 0 saturated carbocycles. The van der Waals surface area contributed by atoms with E-state index in [0.717, 1.165) is 15.6 Å². The number of allylic oxidation sites excluding steroid dienone is 1. The van der Waals surface area contributed by atoms with E-state index in [1.54, 1.807) is 6.08 Å². The molecule has 0 fully saturated rings. The van der Waals surface area contributed by atoms with Crippen LogP contribution in [0.15, 0.2) is 59.1 Å². The lowest BCUT2D eigenvalue weighted by atomic mass is 10.0. The highest BCUT2D eigenvalue weighted by Gasteiger charge is 2.04. The highest BCUT2D eigenvalue weighted by atomic mass is 79.9. The normalized spacial score (nSPS) is 11.2. The van der Waals surface area contributed by atoms with Crippen molar-refractivity contribution in [1.82, 2.24) is 0 Å². The molecule has 0 atom stereocenters. The number of hydrogen-bond donors (Lipinski definition) is 0. The summed E-state index contributed by atoms with van der Waals surface area (Å²) in [6.45, 7) is 4.29. The van der Waals surface area contributed by atoms with E-state index in [0.29, 0.717) is 5.92 Å². The number of ketones is 1. The summed E-state index contributed by atoms with van der Waals surface area (Å²) in [7, 11) is 0. The van der Waals surface area contributed by atoms with Crippen molar-refractivity contribution in [2.24, 2.45) is 0 Å². The number of benzene rings is 2. The average molecular weight is 329 g/mol. The lowest BCUT2D eigenvalue weighted by Gasteiger charge is -2.05. The molecule has 102 valence electrons. The van der Waals surface area contributed by atoms with Gasteiger partial charge in [0.1, 0.15) is 0 Å². The number of carbonyl (C=O) groups is 1. The van der Waals surface area contributed by atoms with Crippen LogP contribution in [-0.4, -0.2) is 5.78 Å². The van der Waals surface area contributed by atoms with Crippen LogP contribution in [0.2, 0.25) is 0 Å². The van der Waals surface area contributed by atoms with Crippen LogP contribution >= 0.6 is 15.9 Å². The Morgan fingerprint density at radius 3 is 2.30 bits per heavy atom. The minimum atomic E-state index is 0.0241. The van der Waals surface area contributed by atoms with E-state index in [9.17, 15) is 4.79 Å². The Labute approximate surface area is 128 Å². The van der Waals surface area contributed by atoms with Crippen molar-refractivity contribution < 1.29 is 4.79 Å². The van der Waals surface area contributed by atoms with E-state index in [4.69, 9.17) is 0 Å². The SMILES string of the molecule is CC(C)c1ccc(C(=O)/C=C/c2ccccc2Br)cc1. The highest BCUT2D eigenvalue weighted by molar-refractivity contribution is 9.10. The molecular formula is C18H17BrO. The van der Waals surface area contributed by atoms with Crippen molar-refractivity contribution in [3.05, 3.63) is 75.8 Å². The van der Waals surface area contributed by atoms with Crippen LogP contribution in [0.4, 0.5) is 0 Å². The lowest BCUT2D eigenvalue weighted by Crippen LogP contribution is -1.95. The molecule has 2 aromatic rings. The van der Waals surface area contributed by atoms with Gasteiger partial charge in [-0.25, -0.2) is 0 Å². The van der Waals surface area contributed by atoms with Crippen LogP contribution in [0.1, 0.15) is 41.3 Å². The lowest BCUT2D eigenvalue weighted by molar-refractivity contribution is 0.104. The van der Waals surface area contributed by atoms with Gasteiger partial charge in [0.15, 0.2) is 5.78 Å². The van der Waals surface area contributed by atoms with Gasteiger partial charge >= 0.3 is 0 Å². The summed E-state index contributed by atoms with van der Waals surface area (Å²) in [6, 6.07) is 15.6. The summed E-state index contributed by atoms with van der Waals surface area (Å²) >= 11 is 3.47. The zero-order valence-corrected chi connectivity index (χ0v) is 13.2. The standard InChI is InChI=1S/C18H17BrO/c1-13(2)14-7-9-16(10-8-14)18(20)12-11-15-5-3-4-6-17(15)19/h3-13H,1-2H3/b12-11+. The first kappa shape index (κ1) is 14.7. The quantitative estimate of drug-likeness (QED) is 0.537. The number of rotatable bonds is 4. The van der Waals surface area contributed by atoms with E-state index in [2.05, 4.69) is 29.8 Å². The fourth-order valence-electron chi connectivity index (χ4n) is 1.90. The Morgan fingerprint density at radius 1 is 1.05 bits per heavy atom. The van der Waals surface area contributed by atoms with Crippen molar-refractivity contribution in [2.45, 2.75) is 19.8 Å². The molecule has 0 aromatic heterocycles. The van der Waals surface area contributed by atoms with Crippen molar-refractivity contribution in [1.29, 1.82) is 0 Å². The number of hydrogen-bond acceptors (Lipinski definition) is 1. The number of halogens is 1. The second-order valence-electron chi connectivity index (χ2n) is 5.00. The van der Waals surface area contributed by atoms with Crippen LogP contribution in [0.25, 0.3) is 6.08 Å².